The molecule has 0 atom stereocenters. The first kappa shape index (κ1) is 14.5. The molecule has 3 rings (SSSR count). The zero-order chi connectivity index (χ0) is 15.5. The van der Waals surface area contributed by atoms with Crippen molar-refractivity contribution in [2.24, 2.45) is 0 Å². The monoisotopic (exact) mass is 312 g/mol. The smallest absolute Gasteiger partial charge is 0.161 e. The molecular weight excluding hydrogens is 296 g/mol. The number of aromatic amines is 1. The summed E-state index contributed by atoms with van der Waals surface area (Å²) >= 11 is 4.48. The standard InChI is InChI=1S/C17H16N2O2S/c1-20-13-9-8-12(10-14(13)21-2)15-17(22)19-16(18-15)11-6-4-3-5-7-11/h3-10,22H,1-2H3,(H,18,19). The Morgan fingerprint density at radius 1 is 0.909 bits per heavy atom. The van der Waals surface area contributed by atoms with Crippen molar-refractivity contribution in [2.45, 2.75) is 5.03 Å². The number of benzene rings is 2. The minimum Gasteiger partial charge on any atom is -0.493 e. The third kappa shape index (κ3) is 2.67. The summed E-state index contributed by atoms with van der Waals surface area (Å²) in [6.07, 6.45) is 0. The van der Waals surface area contributed by atoms with E-state index in [4.69, 9.17) is 9.47 Å². The lowest BCUT2D eigenvalue weighted by Crippen LogP contribution is -1.91. The second-order valence-electron chi connectivity index (χ2n) is 4.72. The molecule has 0 amide bonds. The van der Waals surface area contributed by atoms with Gasteiger partial charge in [-0.1, -0.05) is 30.3 Å². The maximum absolute atomic E-state index is 5.35. The number of nitrogens with one attached hydrogen (secondary N) is 1. The van der Waals surface area contributed by atoms with E-state index in [2.05, 4.69) is 22.6 Å². The van der Waals surface area contributed by atoms with Gasteiger partial charge in [0.15, 0.2) is 11.5 Å². The van der Waals surface area contributed by atoms with E-state index in [0.29, 0.717) is 16.5 Å². The summed E-state index contributed by atoms with van der Waals surface area (Å²) in [5.41, 5.74) is 2.81. The zero-order valence-electron chi connectivity index (χ0n) is 12.3. The number of thiol groups is 1. The molecule has 2 aromatic carbocycles. The SMILES string of the molecule is COc1ccc(-c2[nH]c(-c3ccccc3)nc2S)cc1OC. The number of ether oxygens (including phenoxy) is 2. The van der Waals surface area contributed by atoms with Gasteiger partial charge in [-0.05, 0) is 18.2 Å². The van der Waals surface area contributed by atoms with Crippen LogP contribution < -0.4 is 9.47 Å². The molecule has 1 aromatic heterocycles. The summed E-state index contributed by atoms with van der Waals surface area (Å²) in [5, 5.41) is 0.645. The number of H-pyrrole nitrogens is 1. The Labute approximate surface area is 134 Å². The van der Waals surface area contributed by atoms with Gasteiger partial charge >= 0.3 is 0 Å². The van der Waals surface area contributed by atoms with Crippen LogP contribution in [0.1, 0.15) is 0 Å². The fourth-order valence-electron chi connectivity index (χ4n) is 2.29. The van der Waals surface area contributed by atoms with E-state index in [9.17, 15) is 0 Å². The molecule has 22 heavy (non-hydrogen) atoms. The van der Waals surface area contributed by atoms with Crippen molar-refractivity contribution in [1.82, 2.24) is 9.97 Å². The Kier molecular flexibility index (Phi) is 4.06. The predicted molar refractivity (Wildman–Crippen MR) is 89.8 cm³/mol. The third-order valence-electron chi connectivity index (χ3n) is 3.40. The lowest BCUT2D eigenvalue weighted by Gasteiger charge is -2.09. The Balaban J connectivity index is 2.04. The summed E-state index contributed by atoms with van der Waals surface area (Å²) < 4.78 is 10.6. The van der Waals surface area contributed by atoms with Crippen molar-refractivity contribution in [1.29, 1.82) is 0 Å². The number of imidazole rings is 1. The molecule has 3 aromatic rings. The highest BCUT2D eigenvalue weighted by Gasteiger charge is 2.13. The summed E-state index contributed by atoms with van der Waals surface area (Å²) in [6.45, 7) is 0. The first-order valence-corrected chi connectivity index (χ1v) is 7.24. The van der Waals surface area contributed by atoms with Gasteiger partial charge < -0.3 is 14.5 Å². The van der Waals surface area contributed by atoms with E-state index in [-0.39, 0.29) is 0 Å². The highest BCUT2D eigenvalue weighted by Crippen LogP contribution is 2.34. The number of aromatic nitrogens is 2. The van der Waals surface area contributed by atoms with Gasteiger partial charge in [-0.25, -0.2) is 4.98 Å². The Hall–Kier alpha value is -2.40. The molecule has 5 heteroatoms. The molecule has 0 spiro atoms. The fraction of sp³-hybridized carbons (Fsp3) is 0.118. The molecule has 4 nitrogen and oxygen atoms in total. The van der Waals surface area contributed by atoms with Crippen LogP contribution in [0.25, 0.3) is 22.6 Å². The molecule has 0 aliphatic heterocycles. The number of nitrogens with zero attached hydrogens (tertiary/aromatic N) is 1. The van der Waals surface area contributed by atoms with Gasteiger partial charge in [0.25, 0.3) is 0 Å². The van der Waals surface area contributed by atoms with Crippen LogP contribution in [0.5, 0.6) is 11.5 Å². The van der Waals surface area contributed by atoms with E-state index >= 15 is 0 Å². The lowest BCUT2D eigenvalue weighted by molar-refractivity contribution is 0.355. The Bertz CT molecular complexity index is 785. The first-order chi connectivity index (χ1) is 10.7. The highest BCUT2D eigenvalue weighted by molar-refractivity contribution is 7.80. The molecule has 0 bridgehead atoms. The maximum atomic E-state index is 5.35. The van der Waals surface area contributed by atoms with Crippen molar-refractivity contribution in [3.8, 4) is 34.1 Å². The van der Waals surface area contributed by atoms with Crippen molar-refractivity contribution in [3.05, 3.63) is 48.5 Å². The van der Waals surface area contributed by atoms with E-state index < -0.39 is 0 Å². The summed E-state index contributed by atoms with van der Waals surface area (Å²) in [5.74, 6) is 2.15. The van der Waals surface area contributed by atoms with Crippen LogP contribution in [0, 0.1) is 0 Å². The summed E-state index contributed by atoms with van der Waals surface area (Å²) in [6, 6.07) is 15.7. The van der Waals surface area contributed by atoms with Gasteiger partial charge in [-0.3, -0.25) is 0 Å². The molecule has 0 saturated heterocycles. The average molecular weight is 312 g/mol. The molecule has 0 aliphatic rings. The molecule has 1 heterocycles. The fourth-order valence-corrected chi connectivity index (χ4v) is 2.57. The maximum Gasteiger partial charge on any atom is 0.161 e. The number of methoxy groups -OCH3 is 2. The summed E-state index contributed by atoms with van der Waals surface area (Å²) in [7, 11) is 3.23. The van der Waals surface area contributed by atoms with Gasteiger partial charge in [0, 0.05) is 11.1 Å². The van der Waals surface area contributed by atoms with Crippen LogP contribution in [0.4, 0.5) is 0 Å². The number of hydrogen-bond acceptors (Lipinski definition) is 4. The zero-order valence-corrected chi connectivity index (χ0v) is 13.2. The van der Waals surface area contributed by atoms with Gasteiger partial charge in [0.05, 0.1) is 19.9 Å². The van der Waals surface area contributed by atoms with Crippen LogP contribution in [0.3, 0.4) is 0 Å². The van der Waals surface area contributed by atoms with Gasteiger partial charge in [0.2, 0.25) is 0 Å². The molecule has 1 N–H and O–H groups in total. The predicted octanol–water partition coefficient (Wildman–Crippen LogP) is 4.05. The second-order valence-corrected chi connectivity index (χ2v) is 5.14. The molecule has 112 valence electrons. The Morgan fingerprint density at radius 2 is 1.64 bits per heavy atom. The minimum atomic E-state index is 0.645. The van der Waals surface area contributed by atoms with Gasteiger partial charge in [-0.2, -0.15) is 0 Å². The molecule has 0 aliphatic carbocycles. The summed E-state index contributed by atoms with van der Waals surface area (Å²) in [4.78, 5) is 7.81. The van der Waals surface area contributed by atoms with E-state index in [1.165, 1.54) is 0 Å². The highest BCUT2D eigenvalue weighted by atomic mass is 32.1. The average Bonchev–Trinajstić information content (AvgIpc) is 2.97. The Morgan fingerprint density at radius 3 is 2.32 bits per heavy atom. The van der Waals surface area contributed by atoms with E-state index in [1.807, 2.05) is 48.5 Å². The van der Waals surface area contributed by atoms with Crippen molar-refractivity contribution in [3.63, 3.8) is 0 Å². The van der Waals surface area contributed by atoms with Gasteiger partial charge in [0.1, 0.15) is 10.9 Å². The molecule has 0 fully saturated rings. The van der Waals surface area contributed by atoms with E-state index in [0.717, 1.165) is 22.6 Å². The van der Waals surface area contributed by atoms with Crippen molar-refractivity contribution in [2.75, 3.05) is 14.2 Å². The van der Waals surface area contributed by atoms with Crippen LogP contribution in [-0.2, 0) is 0 Å². The first-order valence-electron chi connectivity index (χ1n) is 6.79. The van der Waals surface area contributed by atoms with Crippen LogP contribution in [-0.4, -0.2) is 24.2 Å². The molecule has 0 radical (unpaired) electrons. The quantitative estimate of drug-likeness (QED) is 0.715. The molecule has 0 unspecified atom stereocenters. The topological polar surface area (TPSA) is 47.1 Å². The van der Waals surface area contributed by atoms with Crippen LogP contribution >= 0.6 is 12.6 Å². The van der Waals surface area contributed by atoms with Crippen molar-refractivity contribution < 1.29 is 9.47 Å². The minimum absolute atomic E-state index is 0.645. The number of rotatable bonds is 4. The number of hydrogen-bond donors (Lipinski definition) is 2. The third-order valence-corrected chi connectivity index (χ3v) is 3.73. The lowest BCUT2D eigenvalue weighted by atomic mass is 10.1. The molecular formula is C17H16N2O2S. The van der Waals surface area contributed by atoms with E-state index in [1.54, 1.807) is 14.2 Å². The second kappa shape index (κ2) is 6.15. The largest absolute Gasteiger partial charge is 0.493 e. The van der Waals surface area contributed by atoms with Crippen molar-refractivity contribution >= 4 is 12.6 Å². The normalized spacial score (nSPS) is 10.5. The van der Waals surface area contributed by atoms with Crippen LogP contribution in [0.2, 0.25) is 0 Å². The molecule has 0 saturated carbocycles. The van der Waals surface area contributed by atoms with Gasteiger partial charge in [-0.15, -0.1) is 12.6 Å². The van der Waals surface area contributed by atoms with Crippen LogP contribution in [0.15, 0.2) is 53.6 Å².